The first-order valence-electron chi connectivity index (χ1n) is 7.52. The lowest BCUT2D eigenvalue weighted by molar-refractivity contribution is 0.626. The zero-order valence-corrected chi connectivity index (χ0v) is 12.7. The van der Waals surface area contributed by atoms with E-state index in [0.29, 0.717) is 12.4 Å². The molecule has 5 nitrogen and oxygen atoms in total. The minimum atomic E-state index is -0.245. The largest absolute Gasteiger partial charge is 0.365 e. The number of halogens is 1. The van der Waals surface area contributed by atoms with Crippen LogP contribution < -0.4 is 5.32 Å². The summed E-state index contributed by atoms with van der Waals surface area (Å²) in [4.78, 5) is 9.00. The van der Waals surface area contributed by atoms with Gasteiger partial charge in [-0.05, 0) is 35.4 Å². The summed E-state index contributed by atoms with van der Waals surface area (Å²) in [7, 11) is 0. The van der Waals surface area contributed by atoms with Crippen molar-refractivity contribution in [2.45, 2.75) is 6.54 Å². The molecular formula is C18H14FN5. The Morgan fingerprint density at radius 1 is 1.00 bits per heavy atom. The van der Waals surface area contributed by atoms with Crippen molar-refractivity contribution in [2.24, 2.45) is 0 Å². The van der Waals surface area contributed by atoms with Gasteiger partial charge < -0.3 is 5.32 Å². The predicted octanol–water partition coefficient (Wildman–Crippen LogP) is 3.77. The van der Waals surface area contributed by atoms with E-state index in [1.54, 1.807) is 18.5 Å². The summed E-state index contributed by atoms with van der Waals surface area (Å²) < 4.78 is 13.2. The van der Waals surface area contributed by atoms with Crippen LogP contribution in [0.5, 0.6) is 0 Å². The van der Waals surface area contributed by atoms with Crippen molar-refractivity contribution < 1.29 is 4.39 Å². The van der Waals surface area contributed by atoms with Gasteiger partial charge in [0, 0.05) is 18.3 Å². The van der Waals surface area contributed by atoms with Crippen molar-refractivity contribution in [1.29, 1.82) is 0 Å². The second-order valence-corrected chi connectivity index (χ2v) is 5.43. The fraction of sp³-hybridized carbons (Fsp3) is 0.0556. The van der Waals surface area contributed by atoms with Gasteiger partial charge in [0.25, 0.3) is 0 Å². The van der Waals surface area contributed by atoms with E-state index in [-0.39, 0.29) is 5.82 Å². The van der Waals surface area contributed by atoms with Crippen LogP contribution in [0.3, 0.4) is 0 Å². The Hall–Kier alpha value is -3.28. The highest BCUT2D eigenvalue weighted by molar-refractivity contribution is 5.81. The zero-order valence-electron chi connectivity index (χ0n) is 12.7. The average Bonchev–Trinajstić information content (AvgIpc) is 3.14. The lowest BCUT2D eigenvalue weighted by Crippen LogP contribution is -2.02. The van der Waals surface area contributed by atoms with Gasteiger partial charge in [-0.3, -0.25) is 10.1 Å². The van der Waals surface area contributed by atoms with E-state index in [2.05, 4.69) is 25.5 Å². The molecule has 4 rings (SSSR count). The smallest absolute Gasteiger partial charge is 0.145 e. The molecule has 0 saturated carbocycles. The molecule has 0 radical (unpaired) electrons. The first-order valence-corrected chi connectivity index (χ1v) is 7.52. The summed E-state index contributed by atoms with van der Waals surface area (Å²) in [6.07, 6.45) is 5.29. The minimum absolute atomic E-state index is 0.245. The maximum Gasteiger partial charge on any atom is 0.145 e. The molecule has 6 heteroatoms. The molecule has 0 saturated heterocycles. The lowest BCUT2D eigenvalue weighted by Gasteiger charge is -2.07. The van der Waals surface area contributed by atoms with Crippen LogP contribution in [0.2, 0.25) is 0 Å². The van der Waals surface area contributed by atoms with Gasteiger partial charge in [0.1, 0.15) is 11.6 Å². The van der Waals surface area contributed by atoms with Crippen molar-refractivity contribution in [2.75, 3.05) is 5.32 Å². The van der Waals surface area contributed by atoms with Gasteiger partial charge in [0.05, 0.1) is 23.4 Å². The third-order valence-electron chi connectivity index (χ3n) is 3.74. The minimum Gasteiger partial charge on any atom is -0.365 e. The molecule has 118 valence electrons. The number of nitrogens with one attached hydrogen (secondary N) is 2. The van der Waals surface area contributed by atoms with Crippen molar-refractivity contribution in [3.05, 3.63) is 72.4 Å². The molecular weight excluding hydrogens is 305 g/mol. The van der Waals surface area contributed by atoms with Gasteiger partial charge in [0.2, 0.25) is 0 Å². The Morgan fingerprint density at radius 2 is 1.96 bits per heavy atom. The van der Waals surface area contributed by atoms with E-state index in [4.69, 9.17) is 0 Å². The first-order chi connectivity index (χ1) is 11.8. The molecule has 2 aromatic carbocycles. The normalized spacial score (nSPS) is 10.9. The van der Waals surface area contributed by atoms with Crippen molar-refractivity contribution in [1.82, 2.24) is 20.2 Å². The summed E-state index contributed by atoms with van der Waals surface area (Å²) in [6, 6.07) is 12.4. The highest BCUT2D eigenvalue weighted by Gasteiger charge is 2.04. The van der Waals surface area contributed by atoms with Gasteiger partial charge in [-0.15, -0.1) is 0 Å². The van der Waals surface area contributed by atoms with Crippen molar-refractivity contribution in [3.8, 4) is 11.1 Å². The summed E-state index contributed by atoms with van der Waals surface area (Å²) >= 11 is 0. The highest BCUT2D eigenvalue weighted by Crippen LogP contribution is 2.22. The van der Waals surface area contributed by atoms with Gasteiger partial charge in [0.15, 0.2) is 0 Å². The molecule has 0 aliphatic carbocycles. The number of anilines is 1. The fourth-order valence-electron chi connectivity index (χ4n) is 2.52. The molecule has 0 aliphatic rings. The Bertz CT molecular complexity index is 982. The van der Waals surface area contributed by atoms with Crippen molar-refractivity contribution >= 4 is 16.9 Å². The SMILES string of the molecule is Fc1cccc(CNc2cnc3cc(-c4cn[nH]c4)ccc3n2)c1. The first kappa shape index (κ1) is 14.3. The van der Waals surface area contributed by atoms with Crippen LogP contribution in [-0.2, 0) is 6.54 Å². The van der Waals surface area contributed by atoms with Gasteiger partial charge in [-0.1, -0.05) is 18.2 Å². The molecule has 0 fully saturated rings. The van der Waals surface area contributed by atoms with Crippen LogP contribution in [0.25, 0.3) is 22.2 Å². The van der Waals surface area contributed by atoms with Gasteiger partial charge in [-0.25, -0.2) is 9.37 Å². The monoisotopic (exact) mass is 319 g/mol. The van der Waals surface area contributed by atoms with E-state index in [9.17, 15) is 4.39 Å². The van der Waals surface area contributed by atoms with E-state index in [0.717, 1.165) is 27.7 Å². The second kappa shape index (κ2) is 6.08. The Labute approximate surface area is 137 Å². The summed E-state index contributed by atoms with van der Waals surface area (Å²) in [6.45, 7) is 0.491. The number of hydrogen-bond acceptors (Lipinski definition) is 4. The summed E-state index contributed by atoms with van der Waals surface area (Å²) in [5, 5.41) is 9.92. The maximum absolute atomic E-state index is 13.2. The molecule has 0 unspecified atom stereocenters. The summed E-state index contributed by atoms with van der Waals surface area (Å²) in [5.41, 5.74) is 4.50. The van der Waals surface area contributed by atoms with Crippen molar-refractivity contribution in [3.63, 3.8) is 0 Å². The number of H-pyrrole nitrogens is 1. The van der Waals surface area contributed by atoms with Crippen LogP contribution in [0.1, 0.15) is 5.56 Å². The van der Waals surface area contributed by atoms with Crippen LogP contribution in [0, 0.1) is 5.82 Å². The predicted molar refractivity (Wildman–Crippen MR) is 90.8 cm³/mol. The lowest BCUT2D eigenvalue weighted by atomic mass is 10.1. The Kier molecular flexibility index (Phi) is 3.63. The third-order valence-corrected chi connectivity index (χ3v) is 3.74. The fourth-order valence-corrected chi connectivity index (χ4v) is 2.52. The van der Waals surface area contributed by atoms with Gasteiger partial charge in [-0.2, -0.15) is 5.10 Å². The standard InChI is InChI=1S/C18H14FN5/c19-15-3-1-2-12(6-15)8-21-18-11-20-17-7-13(4-5-16(17)24-18)14-9-22-23-10-14/h1-7,9-11H,8H2,(H,21,24)(H,22,23). The number of hydrogen-bond donors (Lipinski definition) is 2. The van der Waals surface area contributed by atoms with Crippen LogP contribution in [0.15, 0.2) is 61.1 Å². The number of benzene rings is 2. The molecule has 0 aliphatic heterocycles. The molecule has 2 aromatic heterocycles. The van der Waals surface area contributed by atoms with Crippen LogP contribution in [-0.4, -0.2) is 20.2 Å². The summed E-state index contributed by atoms with van der Waals surface area (Å²) in [5.74, 6) is 0.411. The third kappa shape index (κ3) is 2.94. The highest BCUT2D eigenvalue weighted by atomic mass is 19.1. The molecule has 0 atom stereocenters. The zero-order chi connectivity index (χ0) is 16.4. The number of fused-ring (bicyclic) bond motifs is 1. The number of aromatic nitrogens is 4. The van der Waals surface area contributed by atoms with Crippen LogP contribution in [0.4, 0.5) is 10.2 Å². The Morgan fingerprint density at radius 3 is 2.79 bits per heavy atom. The van der Waals surface area contributed by atoms with E-state index in [1.807, 2.05) is 30.5 Å². The second-order valence-electron chi connectivity index (χ2n) is 5.43. The quantitative estimate of drug-likeness (QED) is 0.601. The molecule has 0 amide bonds. The average molecular weight is 319 g/mol. The van der Waals surface area contributed by atoms with E-state index >= 15 is 0 Å². The molecule has 0 spiro atoms. The topological polar surface area (TPSA) is 66.5 Å². The molecule has 0 bridgehead atoms. The van der Waals surface area contributed by atoms with Gasteiger partial charge >= 0.3 is 0 Å². The van der Waals surface area contributed by atoms with Crippen LogP contribution >= 0.6 is 0 Å². The molecule has 24 heavy (non-hydrogen) atoms. The van der Waals surface area contributed by atoms with E-state index in [1.165, 1.54) is 12.1 Å². The van der Waals surface area contributed by atoms with E-state index < -0.39 is 0 Å². The number of nitrogens with zero attached hydrogens (tertiary/aromatic N) is 3. The maximum atomic E-state index is 13.2. The molecule has 2 heterocycles. The molecule has 2 N–H and O–H groups in total. The number of aromatic amines is 1. The number of rotatable bonds is 4. The Balaban J connectivity index is 1.56. The molecule has 4 aromatic rings.